The van der Waals surface area contributed by atoms with Gasteiger partial charge in [-0.05, 0) is 96.1 Å². The Morgan fingerprint density at radius 1 is 0.591 bits per heavy atom. The van der Waals surface area contributed by atoms with Gasteiger partial charge in [-0.2, -0.15) is 0 Å². The predicted molar refractivity (Wildman–Crippen MR) is 163 cm³/mol. The third-order valence-electron chi connectivity index (χ3n) is 5.62. The predicted octanol–water partition coefficient (Wildman–Crippen LogP) is 12.9. The molecular weight excluding hydrogens is 671 g/mol. The molecule has 0 spiro atoms. The first kappa shape index (κ1) is 33.5. The maximum atomic E-state index is 14.2. The summed E-state index contributed by atoms with van der Waals surface area (Å²) in [5, 5.41) is 0.471. The van der Waals surface area contributed by atoms with E-state index < -0.39 is 7.81 Å². The summed E-state index contributed by atoms with van der Waals surface area (Å²) in [5.41, 5.74) is 2.90. The smallest absolute Gasteiger partial charge is 0.273 e. The van der Waals surface area contributed by atoms with Gasteiger partial charge in [0.15, 0.2) is 0 Å². The fraction of sp³-hybridized carbons (Fsp3) is 0. The molecule has 0 heterocycles. The average Bonchev–Trinajstić information content (AvgIpc) is 2.95. The Bertz CT molecular complexity index is 1770. The Hall–Kier alpha value is -3.37. The van der Waals surface area contributed by atoms with Crippen LogP contribution in [0.2, 0.25) is 5.02 Å². The summed E-state index contributed by atoms with van der Waals surface area (Å²) in [6.07, 6.45) is 0. The van der Waals surface area contributed by atoms with Crippen LogP contribution in [0, 0.1) is 11.6 Å². The molecule has 0 saturated carbocycles. The zero-order chi connectivity index (χ0) is 32.2. The maximum absolute atomic E-state index is 14.2. The Labute approximate surface area is 260 Å². The molecule has 0 bridgehead atoms. The van der Waals surface area contributed by atoms with Gasteiger partial charge in [-0.25, -0.2) is 8.78 Å². The second-order valence-electron chi connectivity index (χ2n) is 9.14. The van der Waals surface area contributed by atoms with Crippen LogP contribution in [0.25, 0.3) is 11.1 Å². The number of halogens is 9. The summed E-state index contributed by atoms with van der Waals surface area (Å²) in [4.78, 5) is 14.4. The molecule has 0 aromatic heterocycles. The Kier molecular flexibility index (Phi) is 9.57. The minimum Gasteiger partial charge on any atom is -0.273 e. The minimum atomic E-state index is -10.7. The topological polar surface area (TPSA) is 21.4 Å². The summed E-state index contributed by atoms with van der Waals surface area (Å²) < 4.78 is 86.6. The molecule has 0 aliphatic heterocycles. The Morgan fingerprint density at radius 3 is 1.73 bits per heavy atom. The van der Waals surface area contributed by atoms with Crippen molar-refractivity contribution in [1.29, 1.82) is 0 Å². The van der Waals surface area contributed by atoms with Crippen LogP contribution in [0.15, 0.2) is 135 Å². The zero-order valence-corrected chi connectivity index (χ0v) is 25.4. The number of rotatable bonds is 7. The second kappa shape index (κ2) is 12.6. The summed E-state index contributed by atoms with van der Waals surface area (Å²) in [7, 11) is -10.7. The summed E-state index contributed by atoms with van der Waals surface area (Å²) in [6.45, 7) is 0. The van der Waals surface area contributed by atoms with E-state index in [2.05, 4.69) is 0 Å². The van der Waals surface area contributed by atoms with Crippen LogP contribution in [-0.2, 0) is 0 Å². The number of carbonyl (C=O) groups excluding carboxylic acids is 1. The quantitative estimate of drug-likeness (QED) is 0.0734. The van der Waals surface area contributed by atoms with E-state index in [9.17, 15) is 38.8 Å². The van der Waals surface area contributed by atoms with Gasteiger partial charge in [0.1, 0.15) is 11.6 Å². The molecule has 0 amide bonds. The second-order valence-corrected chi connectivity index (χ2v) is 13.7. The molecule has 0 fully saturated rings. The molecule has 0 unspecified atom stereocenters. The van der Waals surface area contributed by atoms with Gasteiger partial charge in [0.2, 0.25) is 0 Å². The normalized spacial score (nSPS) is 12.8. The molecule has 5 rings (SSSR count). The largest absolute Gasteiger partial charge is 0.355 e. The standard InChI is InChI=1S/C31H19ClF2OS2.F6P/c32-29-16-15-26(19-28(29)31(35)21-4-2-1-3-5-21)36-24-11-6-20(7-12-24)27-18-23(34)10-17-30(27)37-25-13-8-22(33)9-14-25;1-7(2,3,4,5)6/h1-19H;/q;-1/p+1. The Balaban J connectivity index is 0.000000566. The zero-order valence-electron chi connectivity index (χ0n) is 22.1. The molecule has 0 saturated heterocycles. The average molecular weight is 691 g/mol. The number of benzene rings is 5. The van der Waals surface area contributed by atoms with E-state index in [1.807, 2.05) is 66.7 Å². The van der Waals surface area contributed by atoms with E-state index in [0.29, 0.717) is 16.1 Å². The van der Waals surface area contributed by atoms with E-state index in [1.54, 1.807) is 36.0 Å². The van der Waals surface area contributed by atoms with Crippen LogP contribution in [0.4, 0.5) is 34.0 Å². The molecular formula is C31H20ClF8OPS2. The first-order valence-corrected chi connectivity index (χ1v) is 16.4. The number of ketones is 1. The van der Waals surface area contributed by atoms with Crippen LogP contribution in [0.5, 0.6) is 0 Å². The molecule has 44 heavy (non-hydrogen) atoms. The van der Waals surface area contributed by atoms with Crippen molar-refractivity contribution >= 4 is 48.7 Å². The van der Waals surface area contributed by atoms with E-state index >= 15 is 0 Å². The summed E-state index contributed by atoms with van der Waals surface area (Å²) >= 11 is 9.38. The molecule has 5 aromatic rings. The molecule has 0 atom stereocenters. The molecule has 230 valence electrons. The third kappa shape index (κ3) is 11.0. The van der Waals surface area contributed by atoms with Crippen LogP contribution in [-0.4, -0.2) is 10.6 Å². The van der Waals surface area contributed by atoms with Gasteiger partial charge < -0.3 is 0 Å². The first-order chi connectivity index (χ1) is 20.4. The van der Waals surface area contributed by atoms with Crippen LogP contribution < -0.4 is 0 Å². The maximum Gasteiger partial charge on any atom is 0.355 e. The van der Waals surface area contributed by atoms with E-state index in [-0.39, 0.29) is 17.4 Å². The summed E-state index contributed by atoms with van der Waals surface area (Å²) in [5.74, 6) is -0.487. The van der Waals surface area contributed by atoms with Gasteiger partial charge in [-0.1, -0.05) is 65.5 Å². The molecule has 13 heteroatoms. The van der Waals surface area contributed by atoms with Crippen molar-refractivity contribution in [2.24, 2.45) is 0 Å². The first-order valence-electron chi connectivity index (χ1n) is 12.4. The van der Waals surface area contributed by atoms with Crippen molar-refractivity contribution in [2.75, 3.05) is 0 Å². The van der Waals surface area contributed by atoms with Crippen molar-refractivity contribution in [2.45, 2.75) is 19.6 Å². The molecule has 1 N–H and O–H groups in total. The fourth-order valence-corrected chi connectivity index (χ4v) is 5.80. The molecule has 0 aliphatic carbocycles. The van der Waals surface area contributed by atoms with Gasteiger partial charge in [0.05, 0.1) is 16.1 Å². The number of hydrogen-bond donors (Lipinski definition) is 0. The van der Waals surface area contributed by atoms with E-state index in [4.69, 9.17) is 11.6 Å². The molecule has 1 nitrogen and oxygen atoms in total. The van der Waals surface area contributed by atoms with E-state index in [1.165, 1.54) is 36.0 Å². The van der Waals surface area contributed by atoms with Crippen molar-refractivity contribution in [3.63, 3.8) is 0 Å². The monoisotopic (exact) mass is 690 g/mol. The molecule has 0 aliphatic rings. The van der Waals surface area contributed by atoms with Crippen LogP contribution in [0.3, 0.4) is 0 Å². The Morgan fingerprint density at radius 2 is 1.11 bits per heavy atom. The fourth-order valence-electron chi connectivity index (χ4n) is 3.79. The SMILES string of the molecule is F[P-](F)(F)(F)(F)F.[OH+]=C(c1ccccc1)c1cc(Sc2ccc(-c3cc(F)ccc3Sc3ccc(F)cc3)cc2)ccc1Cl. The van der Waals surface area contributed by atoms with Gasteiger partial charge in [0, 0.05) is 19.6 Å². The van der Waals surface area contributed by atoms with Crippen molar-refractivity contribution in [3.05, 3.63) is 143 Å². The minimum absolute atomic E-state index is 0.126. The van der Waals surface area contributed by atoms with Crippen LogP contribution in [0.1, 0.15) is 11.1 Å². The van der Waals surface area contributed by atoms with Crippen molar-refractivity contribution < 1.29 is 38.8 Å². The number of hydrogen-bond acceptors (Lipinski definition) is 2. The van der Waals surface area contributed by atoms with E-state index in [0.717, 1.165) is 30.7 Å². The van der Waals surface area contributed by atoms with Gasteiger partial charge in [0.25, 0.3) is 0 Å². The molecule has 5 aromatic carbocycles. The van der Waals surface area contributed by atoms with Gasteiger partial charge in [-0.3, -0.25) is 4.79 Å². The van der Waals surface area contributed by atoms with Crippen molar-refractivity contribution in [1.82, 2.24) is 0 Å². The third-order valence-corrected chi connectivity index (χ3v) is 8.04. The van der Waals surface area contributed by atoms with Crippen molar-refractivity contribution in [3.8, 4) is 11.1 Å². The van der Waals surface area contributed by atoms with Gasteiger partial charge in [-0.15, -0.1) is 0 Å². The summed E-state index contributed by atoms with van der Waals surface area (Å²) in [6, 6.07) is 33.6. The van der Waals surface area contributed by atoms with Crippen LogP contribution >= 0.6 is 42.9 Å². The molecule has 0 radical (unpaired) electrons. The van der Waals surface area contributed by atoms with Gasteiger partial charge >= 0.3 is 38.8 Å².